The van der Waals surface area contributed by atoms with Crippen LogP contribution in [0.25, 0.3) is 6.08 Å². The van der Waals surface area contributed by atoms with E-state index < -0.39 is 0 Å². The van der Waals surface area contributed by atoms with E-state index in [1.165, 1.54) is 11.8 Å². The molecule has 1 saturated heterocycles. The lowest BCUT2D eigenvalue weighted by Gasteiger charge is -2.29. The molecule has 3 heterocycles. The summed E-state index contributed by atoms with van der Waals surface area (Å²) in [6, 6.07) is 9.49. The Balaban J connectivity index is 1.62. The minimum absolute atomic E-state index is 0.0379. The Morgan fingerprint density at radius 2 is 2.27 bits per heavy atom. The van der Waals surface area contributed by atoms with Gasteiger partial charge in [-0.2, -0.15) is 0 Å². The highest BCUT2D eigenvalue weighted by atomic mass is 32.2. The molecule has 1 aromatic carbocycles. The lowest BCUT2D eigenvalue weighted by atomic mass is 10.1. The molecule has 132 valence electrons. The number of benzene rings is 1. The molecule has 0 atom stereocenters. The third-order valence-corrected chi connectivity index (χ3v) is 6.03. The van der Waals surface area contributed by atoms with Crippen molar-refractivity contribution in [3.05, 3.63) is 51.1 Å². The van der Waals surface area contributed by atoms with E-state index in [1.54, 1.807) is 22.3 Å². The first-order valence-electron chi connectivity index (χ1n) is 7.94. The number of carbonyl (C=O) groups excluding carboxylic acids is 2. The van der Waals surface area contributed by atoms with Gasteiger partial charge in [0.1, 0.15) is 16.7 Å². The molecule has 0 spiro atoms. The van der Waals surface area contributed by atoms with Gasteiger partial charge in [-0.1, -0.05) is 36.1 Å². The minimum Gasteiger partial charge on any atom is -0.490 e. The van der Waals surface area contributed by atoms with Gasteiger partial charge in [-0.3, -0.25) is 9.59 Å². The number of rotatable bonds is 3. The Bertz CT molecular complexity index is 922. The number of ether oxygens (including phenoxy) is 1. The van der Waals surface area contributed by atoms with E-state index in [9.17, 15) is 9.59 Å². The van der Waals surface area contributed by atoms with Crippen LogP contribution in [0.15, 0.2) is 40.6 Å². The number of nitrogens with one attached hydrogen (secondary N) is 1. The number of amides is 2. The van der Waals surface area contributed by atoms with Crippen molar-refractivity contribution in [3.63, 3.8) is 0 Å². The maximum absolute atomic E-state index is 12.8. The molecule has 26 heavy (non-hydrogen) atoms. The Morgan fingerprint density at radius 1 is 1.38 bits per heavy atom. The van der Waals surface area contributed by atoms with E-state index in [0.29, 0.717) is 34.5 Å². The molecular weight excluding hydrogens is 388 g/mol. The topological polar surface area (TPSA) is 58.6 Å². The number of thioether (sulfide) groups is 1. The van der Waals surface area contributed by atoms with E-state index in [-0.39, 0.29) is 11.8 Å². The lowest BCUT2D eigenvalue weighted by Crippen LogP contribution is -2.38. The van der Waals surface area contributed by atoms with Gasteiger partial charge in [-0.05, 0) is 35.2 Å². The summed E-state index contributed by atoms with van der Waals surface area (Å²) in [5, 5.41) is 4.57. The lowest BCUT2D eigenvalue weighted by molar-refractivity contribution is -0.118. The first-order valence-corrected chi connectivity index (χ1v) is 10.0. The van der Waals surface area contributed by atoms with E-state index in [2.05, 4.69) is 5.32 Å². The molecule has 1 N–H and O–H groups in total. The molecule has 2 aromatic rings. The van der Waals surface area contributed by atoms with Gasteiger partial charge >= 0.3 is 0 Å². The van der Waals surface area contributed by atoms with Crippen molar-refractivity contribution in [1.82, 2.24) is 5.32 Å². The van der Waals surface area contributed by atoms with Crippen LogP contribution in [0.4, 0.5) is 5.69 Å². The fourth-order valence-electron chi connectivity index (χ4n) is 2.81. The van der Waals surface area contributed by atoms with Crippen LogP contribution in [-0.2, 0) is 16.0 Å². The third-order valence-electron chi connectivity index (χ3n) is 3.99. The Labute approximate surface area is 164 Å². The van der Waals surface area contributed by atoms with Crippen LogP contribution < -0.4 is 15.0 Å². The van der Waals surface area contributed by atoms with Gasteiger partial charge in [0.25, 0.3) is 5.91 Å². The van der Waals surface area contributed by atoms with Crippen molar-refractivity contribution in [1.29, 1.82) is 0 Å². The fraction of sp³-hybridized carbons (Fsp3) is 0.167. The van der Waals surface area contributed by atoms with Crippen molar-refractivity contribution in [2.24, 2.45) is 0 Å². The molecule has 8 heteroatoms. The number of fused-ring (bicyclic) bond motifs is 1. The van der Waals surface area contributed by atoms with Crippen molar-refractivity contribution < 1.29 is 14.3 Å². The number of thiocarbonyl (C=S) groups is 1. The predicted octanol–water partition coefficient (Wildman–Crippen LogP) is 3.21. The quantitative estimate of drug-likeness (QED) is 0.631. The van der Waals surface area contributed by atoms with E-state index >= 15 is 0 Å². The molecule has 0 radical (unpaired) electrons. The molecule has 5 nitrogen and oxygen atoms in total. The van der Waals surface area contributed by atoms with Gasteiger partial charge in [0.15, 0.2) is 0 Å². The molecule has 4 rings (SSSR count). The third kappa shape index (κ3) is 3.53. The number of hydrogen-bond donors (Lipinski definition) is 1. The maximum atomic E-state index is 12.8. The number of carbonyl (C=O) groups is 2. The molecule has 1 fully saturated rings. The Hall–Kier alpha value is -2.16. The number of anilines is 1. The van der Waals surface area contributed by atoms with Gasteiger partial charge in [0, 0.05) is 4.88 Å². The molecule has 2 aliphatic rings. The van der Waals surface area contributed by atoms with Crippen molar-refractivity contribution in [3.8, 4) is 5.75 Å². The monoisotopic (exact) mass is 402 g/mol. The minimum atomic E-state index is -0.195. The van der Waals surface area contributed by atoms with Gasteiger partial charge in [-0.25, -0.2) is 0 Å². The van der Waals surface area contributed by atoms with E-state index in [1.807, 2.05) is 35.7 Å². The zero-order valence-electron chi connectivity index (χ0n) is 13.6. The van der Waals surface area contributed by atoms with Crippen LogP contribution in [0.1, 0.15) is 10.4 Å². The summed E-state index contributed by atoms with van der Waals surface area (Å²) in [5.41, 5.74) is 1.56. The Kier molecular flexibility index (Phi) is 4.80. The van der Waals surface area contributed by atoms with Gasteiger partial charge in [0.05, 0.1) is 23.6 Å². The molecule has 0 aliphatic carbocycles. The number of thiophene rings is 1. The summed E-state index contributed by atoms with van der Waals surface area (Å²) in [6.07, 6.45) is 2.14. The molecule has 2 amide bonds. The van der Waals surface area contributed by atoms with Crippen molar-refractivity contribution in [2.75, 3.05) is 18.1 Å². The predicted molar refractivity (Wildman–Crippen MR) is 109 cm³/mol. The van der Waals surface area contributed by atoms with Crippen LogP contribution in [0.5, 0.6) is 5.75 Å². The van der Waals surface area contributed by atoms with Crippen LogP contribution in [0.2, 0.25) is 0 Å². The summed E-state index contributed by atoms with van der Waals surface area (Å²) in [4.78, 5) is 27.9. The van der Waals surface area contributed by atoms with E-state index in [0.717, 1.165) is 16.1 Å². The van der Waals surface area contributed by atoms with Crippen LogP contribution in [0, 0.1) is 0 Å². The molecule has 0 unspecified atom stereocenters. The zero-order valence-corrected chi connectivity index (χ0v) is 16.0. The highest BCUT2D eigenvalue weighted by Gasteiger charge is 2.25. The van der Waals surface area contributed by atoms with Crippen molar-refractivity contribution >= 4 is 63.2 Å². The fourth-order valence-corrected chi connectivity index (χ4v) is 4.55. The van der Waals surface area contributed by atoms with E-state index in [4.69, 9.17) is 17.0 Å². The molecular formula is C18H14N2O3S3. The summed E-state index contributed by atoms with van der Waals surface area (Å²) in [7, 11) is 0. The highest BCUT2D eigenvalue weighted by molar-refractivity contribution is 8.26. The second kappa shape index (κ2) is 7.22. The van der Waals surface area contributed by atoms with Crippen molar-refractivity contribution in [2.45, 2.75) is 6.42 Å². The number of nitrogens with zero attached hydrogens (tertiary/aromatic N) is 1. The average molecular weight is 403 g/mol. The summed E-state index contributed by atoms with van der Waals surface area (Å²) in [5.74, 6) is 0.521. The van der Waals surface area contributed by atoms with Gasteiger partial charge < -0.3 is 15.0 Å². The normalized spacial score (nSPS) is 17.8. The molecule has 0 bridgehead atoms. The Morgan fingerprint density at radius 3 is 3.00 bits per heavy atom. The molecule has 1 aromatic heterocycles. The zero-order chi connectivity index (χ0) is 18.1. The molecule has 2 aliphatic heterocycles. The average Bonchev–Trinajstić information content (AvgIpc) is 3.24. The summed E-state index contributed by atoms with van der Waals surface area (Å²) >= 11 is 7.82. The van der Waals surface area contributed by atoms with Gasteiger partial charge in [0.2, 0.25) is 5.91 Å². The standard InChI is InChI=1S/C18H14N2O3S3/c21-16(10-12-2-1-7-25-12)20-5-6-23-14-4-3-11(8-13(14)20)9-15-17(22)19-18(24)26-15/h1-4,7-9H,5-6,10H2,(H,19,22,24)/b15-9-. The smallest absolute Gasteiger partial charge is 0.263 e. The maximum Gasteiger partial charge on any atom is 0.263 e. The summed E-state index contributed by atoms with van der Waals surface area (Å²) in [6.45, 7) is 0.979. The molecule has 0 saturated carbocycles. The van der Waals surface area contributed by atoms with Crippen LogP contribution in [-0.4, -0.2) is 29.3 Å². The van der Waals surface area contributed by atoms with Gasteiger partial charge in [-0.15, -0.1) is 11.3 Å². The summed E-state index contributed by atoms with van der Waals surface area (Å²) < 4.78 is 6.14. The largest absolute Gasteiger partial charge is 0.490 e. The number of hydrogen-bond acceptors (Lipinski definition) is 6. The first-order chi connectivity index (χ1) is 12.6. The van der Waals surface area contributed by atoms with Crippen LogP contribution >= 0.6 is 35.3 Å². The second-order valence-electron chi connectivity index (χ2n) is 5.73. The van der Waals surface area contributed by atoms with Crippen LogP contribution in [0.3, 0.4) is 0 Å². The highest BCUT2D eigenvalue weighted by Crippen LogP contribution is 2.35. The first kappa shape index (κ1) is 17.3. The SMILES string of the molecule is O=C1NC(=S)S/C1=C\c1ccc2c(c1)N(C(=O)Cc1cccs1)CCO2. The second-order valence-corrected chi connectivity index (χ2v) is 8.48.